The Morgan fingerprint density at radius 3 is 1.02 bits per heavy atom. The van der Waals surface area contributed by atoms with Gasteiger partial charge in [-0.2, -0.15) is 0 Å². The largest absolute Gasteiger partial charge is 0.394 e. The number of hydrogen-bond donors (Lipinski definition) is 3. The highest BCUT2D eigenvalue weighted by Gasteiger charge is 2.18. The standard InChI is InChI=1S/C55H105NO3/c1-3-5-7-9-11-13-15-16-17-18-19-20-21-22-23-24-25-26-27-28-29-30-31-32-33-34-35-36-37-38-39-40-41-43-45-47-49-51-55(59)56-53(52-57)54(58)50-48-46-44-42-14-12-10-8-6-4-2/h23-24,26-27,48,50,53-54,57-58H,3-22,25,28-47,49,51-52H2,1-2H3,(H,56,59)/b24-23-,27-26-,50-48+. The summed E-state index contributed by atoms with van der Waals surface area (Å²) >= 11 is 0. The van der Waals surface area contributed by atoms with Crippen molar-refractivity contribution in [2.75, 3.05) is 6.61 Å². The molecular formula is C55H105NO3. The molecular weight excluding hydrogens is 723 g/mol. The predicted octanol–water partition coefficient (Wildman–Crippen LogP) is 17.3. The van der Waals surface area contributed by atoms with Gasteiger partial charge in [0.05, 0.1) is 18.8 Å². The number of aliphatic hydroxyl groups excluding tert-OH is 2. The summed E-state index contributed by atoms with van der Waals surface area (Å²) in [6.45, 7) is 4.30. The molecule has 0 saturated carbocycles. The lowest BCUT2D eigenvalue weighted by atomic mass is 10.0. The van der Waals surface area contributed by atoms with Crippen molar-refractivity contribution in [3.05, 3.63) is 36.5 Å². The molecule has 0 saturated heterocycles. The van der Waals surface area contributed by atoms with Gasteiger partial charge in [0, 0.05) is 6.42 Å². The minimum atomic E-state index is -0.836. The van der Waals surface area contributed by atoms with E-state index in [0.717, 1.165) is 32.1 Å². The number of carbonyl (C=O) groups is 1. The zero-order valence-electron chi connectivity index (χ0n) is 40.0. The highest BCUT2D eigenvalue weighted by Crippen LogP contribution is 2.16. The maximum atomic E-state index is 12.4. The molecule has 0 aromatic carbocycles. The van der Waals surface area contributed by atoms with Gasteiger partial charge in [-0.15, -0.1) is 0 Å². The third-order valence-corrected chi connectivity index (χ3v) is 12.4. The summed E-state index contributed by atoms with van der Waals surface area (Å²) in [5, 5.41) is 23.0. The van der Waals surface area contributed by atoms with Crippen molar-refractivity contribution < 1.29 is 15.0 Å². The monoisotopic (exact) mass is 828 g/mol. The molecule has 3 N–H and O–H groups in total. The van der Waals surface area contributed by atoms with Gasteiger partial charge in [0.1, 0.15) is 0 Å². The molecule has 0 fully saturated rings. The molecule has 2 unspecified atom stereocenters. The molecule has 0 radical (unpaired) electrons. The second-order valence-corrected chi connectivity index (χ2v) is 18.3. The zero-order valence-corrected chi connectivity index (χ0v) is 40.0. The van der Waals surface area contributed by atoms with Crippen LogP contribution in [0.1, 0.15) is 290 Å². The van der Waals surface area contributed by atoms with Crippen molar-refractivity contribution in [3.8, 4) is 0 Å². The first-order valence-electron chi connectivity index (χ1n) is 26.7. The Morgan fingerprint density at radius 2 is 0.695 bits per heavy atom. The maximum absolute atomic E-state index is 12.4. The normalized spacial score (nSPS) is 13.1. The van der Waals surface area contributed by atoms with E-state index in [1.807, 2.05) is 6.08 Å². The molecule has 0 aliphatic rings. The Balaban J connectivity index is 3.39. The number of rotatable bonds is 49. The first kappa shape index (κ1) is 57.6. The van der Waals surface area contributed by atoms with Crippen molar-refractivity contribution >= 4 is 5.91 Å². The third-order valence-electron chi connectivity index (χ3n) is 12.4. The smallest absolute Gasteiger partial charge is 0.220 e. The minimum absolute atomic E-state index is 0.0632. The molecule has 4 heteroatoms. The minimum Gasteiger partial charge on any atom is -0.394 e. The van der Waals surface area contributed by atoms with Gasteiger partial charge < -0.3 is 15.5 Å². The summed E-state index contributed by atoms with van der Waals surface area (Å²) in [7, 11) is 0. The lowest BCUT2D eigenvalue weighted by Crippen LogP contribution is -2.45. The molecule has 0 aliphatic heterocycles. The second-order valence-electron chi connectivity index (χ2n) is 18.3. The molecule has 0 heterocycles. The second kappa shape index (κ2) is 51.0. The van der Waals surface area contributed by atoms with Crippen molar-refractivity contribution in [2.24, 2.45) is 0 Å². The van der Waals surface area contributed by atoms with Crippen molar-refractivity contribution in [2.45, 2.75) is 302 Å². The topological polar surface area (TPSA) is 69.6 Å². The van der Waals surface area contributed by atoms with Crippen LogP contribution in [0.3, 0.4) is 0 Å². The van der Waals surface area contributed by atoms with Crippen LogP contribution in [0.25, 0.3) is 0 Å². The summed E-state index contributed by atoms with van der Waals surface area (Å²) in [4.78, 5) is 12.4. The summed E-state index contributed by atoms with van der Waals surface area (Å²) in [5.41, 5.74) is 0. The molecule has 0 aliphatic carbocycles. The number of allylic oxidation sites excluding steroid dienone is 5. The van der Waals surface area contributed by atoms with Gasteiger partial charge in [-0.05, 0) is 51.4 Å². The highest BCUT2D eigenvalue weighted by molar-refractivity contribution is 5.76. The van der Waals surface area contributed by atoms with Gasteiger partial charge in [-0.1, -0.05) is 269 Å². The van der Waals surface area contributed by atoms with Gasteiger partial charge in [0.15, 0.2) is 0 Å². The number of hydrogen-bond acceptors (Lipinski definition) is 3. The van der Waals surface area contributed by atoms with Crippen molar-refractivity contribution in [3.63, 3.8) is 0 Å². The first-order valence-corrected chi connectivity index (χ1v) is 26.7. The number of aliphatic hydroxyl groups is 2. The summed E-state index contributed by atoms with van der Waals surface area (Å²) in [6, 6.07) is -0.619. The quantitative estimate of drug-likeness (QED) is 0.0423. The van der Waals surface area contributed by atoms with Gasteiger partial charge >= 0.3 is 0 Å². The summed E-state index contributed by atoms with van der Waals surface area (Å²) in [5.74, 6) is -0.0632. The van der Waals surface area contributed by atoms with Crippen LogP contribution >= 0.6 is 0 Å². The Hall–Kier alpha value is -1.39. The Morgan fingerprint density at radius 1 is 0.407 bits per heavy atom. The fraction of sp³-hybridized carbons (Fsp3) is 0.873. The van der Waals surface area contributed by atoms with E-state index in [2.05, 4.69) is 43.5 Å². The Kier molecular flexibility index (Phi) is 49.8. The van der Waals surface area contributed by atoms with E-state index < -0.39 is 12.1 Å². The van der Waals surface area contributed by atoms with E-state index in [1.165, 1.54) is 238 Å². The first-order chi connectivity index (χ1) is 29.2. The van der Waals surface area contributed by atoms with E-state index in [4.69, 9.17) is 0 Å². The number of carbonyl (C=O) groups excluding carboxylic acids is 1. The van der Waals surface area contributed by atoms with Crippen molar-refractivity contribution in [1.29, 1.82) is 0 Å². The number of nitrogens with one attached hydrogen (secondary N) is 1. The fourth-order valence-electron chi connectivity index (χ4n) is 8.27. The molecule has 1 amide bonds. The number of amides is 1. The van der Waals surface area contributed by atoms with Crippen LogP contribution in [0.5, 0.6) is 0 Å². The SMILES string of the molecule is CCCCCCCCCC/C=C/C(O)C(CO)NC(=O)CCCCCCCCCCCCCCCCCCC/C=C\C/C=C\CCCCCCCCCCCCCCC. The summed E-state index contributed by atoms with van der Waals surface area (Å²) < 4.78 is 0. The molecule has 0 aromatic heterocycles. The maximum Gasteiger partial charge on any atom is 0.220 e. The zero-order chi connectivity index (χ0) is 42.8. The molecule has 0 spiro atoms. The van der Waals surface area contributed by atoms with E-state index in [1.54, 1.807) is 6.08 Å². The van der Waals surface area contributed by atoms with E-state index >= 15 is 0 Å². The van der Waals surface area contributed by atoms with Crippen LogP contribution in [0.15, 0.2) is 36.5 Å². The van der Waals surface area contributed by atoms with Crippen LogP contribution < -0.4 is 5.32 Å². The van der Waals surface area contributed by atoms with Gasteiger partial charge in [-0.3, -0.25) is 4.79 Å². The van der Waals surface area contributed by atoms with Crippen LogP contribution in [-0.2, 0) is 4.79 Å². The van der Waals surface area contributed by atoms with Crippen molar-refractivity contribution in [1.82, 2.24) is 5.32 Å². The molecule has 2 atom stereocenters. The van der Waals surface area contributed by atoms with Crippen LogP contribution in [0.2, 0.25) is 0 Å². The summed E-state index contributed by atoms with van der Waals surface area (Å²) in [6.07, 6.45) is 68.9. The molecule has 0 rings (SSSR count). The molecule has 59 heavy (non-hydrogen) atoms. The highest BCUT2D eigenvalue weighted by atomic mass is 16.3. The molecule has 0 bridgehead atoms. The van der Waals surface area contributed by atoms with Crippen LogP contribution in [0.4, 0.5) is 0 Å². The van der Waals surface area contributed by atoms with E-state index in [0.29, 0.717) is 6.42 Å². The lowest BCUT2D eigenvalue weighted by molar-refractivity contribution is -0.123. The fourth-order valence-corrected chi connectivity index (χ4v) is 8.27. The Bertz CT molecular complexity index is 897. The third kappa shape index (κ3) is 47.5. The van der Waals surface area contributed by atoms with E-state index in [9.17, 15) is 15.0 Å². The van der Waals surface area contributed by atoms with Gasteiger partial charge in [0.25, 0.3) is 0 Å². The Labute approximate surface area is 370 Å². The van der Waals surface area contributed by atoms with E-state index in [-0.39, 0.29) is 12.5 Å². The van der Waals surface area contributed by atoms with Crippen LogP contribution in [0, 0.1) is 0 Å². The lowest BCUT2D eigenvalue weighted by Gasteiger charge is -2.20. The van der Waals surface area contributed by atoms with Crippen LogP contribution in [-0.4, -0.2) is 34.9 Å². The molecule has 348 valence electrons. The number of unbranched alkanes of at least 4 members (excludes halogenated alkanes) is 38. The molecule has 4 nitrogen and oxygen atoms in total. The average molecular weight is 828 g/mol. The average Bonchev–Trinajstić information content (AvgIpc) is 3.24. The van der Waals surface area contributed by atoms with Gasteiger partial charge in [0.2, 0.25) is 5.91 Å². The molecule has 0 aromatic rings. The van der Waals surface area contributed by atoms with Gasteiger partial charge in [-0.25, -0.2) is 0 Å². The predicted molar refractivity (Wildman–Crippen MR) is 262 cm³/mol.